The molecule has 11 N–H and O–H groups in total. The Bertz CT molecular complexity index is 1360. The van der Waals surface area contributed by atoms with Gasteiger partial charge in [-0.3, -0.25) is 14.4 Å². The molecule has 2 aromatic carbocycles. The normalized spacial score (nSPS) is 13.9. The summed E-state index contributed by atoms with van der Waals surface area (Å²) in [6, 6.07) is 12.7. The van der Waals surface area contributed by atoms with Gasteiger partial charge in [-0.25, -0.2) is 4.79 Å². The van der Waals surface area contributed by atoms with Crippen LogP contribution < -0.4 is 33.2 Å². The van der Waals surface area contributed by atoms with Crippen molar-refractivity contribution in [2.45, 2.75) is 75.5 Å². The molecule has 0 aliphatic carbocycles. The molecule has 1 heterocycles. The largest absolute Gasteiger partial charge is 0.480 e. The van der Waals surface area contributed by atoms with Gasteiger partial charge in [0.2, 0.25) is 17.7 Å². The van der Waals surface area contributed by atoms with Gasteiger partial charge in [-0.05, 0) is 75.2 Å². The lowest BCUT2D eigenvalue weighted by molar-refractivity contribution is -0.142. The van der Waals surface area contributed by atoms with E-state index in [1.165, 1.54) is 0 Å². The monoisotopic (exact) mass is 607 g/mol. The number of rotatable bonds is 19. The van der Waals surface area contributed by atoms with Gasteiger partial charge in [-0.1, -0.05) is 48.5 Å². The van der Waals surface area contributed by atoms with Crippen LogP contribution in [0.25, 0.3) is 10.9 Å². The maximum Gasteiger partial charge on any atom is 0.326 e. The van der Waals surface area contributed by atoms with E-state index in [2.05, 4.69) is 20.9 Å². The molecule has 238 valence electrons. The first-order chi connectivity index (χ1) is 21.2. The number of benzene rings is 2. The third-order valence-electron chi connectivity index (χ3n) is 7.51. The van der Waals surface area contributed by atoms with Crippen molar-refractivity contribution >= 4 is 34.6 Å². The molecule has 3 amide bonds. The van der Waals surface area contributed by atoms with Crippen LogP contribution in [0.3, 0.4) is 0 Å². The van der Waals surface area contributed by atoms with E-state index < -0.39 is 47.9 Å². The molecule has 0 aliphatic rings. The van der Waals surface area contributed by atoms with Gasteiger partial charge in [0.15, 0.2) is 0 Å². The average molecular weight is 608 g/mol. The number of amides is 3. The van der Waals surface area contributed by atoms with Crippen LogP contribution in [0.5, 0.6) is 0 Å². The van der Waals surface area contributed by atoms with Crippen LogP contribution in [0, 0.1) is 0 Å². The number of aromatic nitrogens is 1. The lowest BCUT2D eigenvalue weighted by Crippen LogP contribution is -2.57. The molecule has 0 saturated heterocycles. The number of hydrogen-bond donors (Lipinski definition) is 8. The highest BCUT2D eigenvalue weighted by Gasteiger charge is 2.30. The van der Waals surface area contributed by atoms with Crippen LogP contribution in [0.1, 0.15) is 49.7 Å². The van der Waals surface area contributed by atoms with Gasteiger partial charge in [-0.15, -0.1) is 0 Å². The summed E-state index contributed by atoms with van der Waals surface area (Å²) in [5, 5.41) is 18.7. The molecular formula is C32H45N7O5. The fourth-order valence-corrected chi connectivity index (χ4v) is 5.02. The number of carboxylic acids is 1. The summed E-state index contributed by atoms with van der Waals surface area (Å²) in [5.74, 6) is -2.87. The molecular weight excluding hydrogens is 562 g/mol. The molecule has 4 atom stereocenters. The standard InChI is InChI=1S/C32H45N7O5/c33-16-8-6-14-26(30(41)38-27(32(43)44)15-7-9-17-34)37-31(42)28(18-21-10-2-1-3-11-21)39-29(40)24(35)19-22-20-36-25-13-5-4-12-23(22)25/h1-5,10-13,20,24,26-28,36H,6-9,14-19,33-35H2,(H,37,42)(H,38,41)(H,39,40)(H,43,44). The van der Waals surface area contributed by atoms with Crippen molar-refractivity contribution in [2.24, 2.45) is 17.2 Å². The Morgan fingerprint density at radius 3 is 1.93 bits per heavy atom. The lowest BCUT2D eigenvalue weighted by Gasteiger charge is -2.25. The summed E-state index contributed by atoms with van der Waals surface area (Å²) in [4.78, 5) is 55.2. The quantitative estimate of drug-likeness (QED) is 0.0920. The number of para-hydroxylation sites is 1. The maximum absolute atomic E-state index is 13.7. The van der Waals surface area contributed by atoms with E-state index in [1.807, 2.05) is 60.8 Å². The summed E-state index contributed by atoms with van der Waals surface area (Å²) >= 11 is 0. The van der Waals surface area contributed by atoms with Gasteiger partial charge >= 0.3 is 5.97 Å². The molecule has 3 rings (SSSR count). The van der Waals surface area contributed by atoms with Crippen molar-refractivity contribution in [3.63, 3.8) is 0 Å². The molecule has 0 radical (unpaired) electrons. The zero-order valence-corrected chi connectivity index (χ0v) is 25.0. The Morgan fingerprint density at radius 1 is 0.705 bits per heavy atom. The summed E-state index contributed by atoms with van der Waals surface area (Å²) in [7, 11) is 0. The van der Waals surface area contributed by atoms with E-state index in [9.17, 15) is 24.3 Å². The average Bonchev–Trinajstić information content (AvgIpc) is 3.42. The molecule has 0 bridgehead atoms. The SMILES string of the molecule is NCCCCC(NC(=O)C(CCCCN)NC(=O)C(Cc1ccccc1)NC(=O)C(N)Cc1c[nH]c2ccccc12)C(=O)O. The van der Waals surface area contributed by atoms with Crippen molar-refractivity contribution in [3.8, 4) is 0 Å². The predicted molar refractivity (Wildman–Crippen MR) is 169 cm³/mol. The Labute approximate surface area is 257 Å². The van der Waals surface area contributed by atoms with Crippen LogP contribution in [0.4, 0.5) is 0 Å². The first kappa shape index (κ1) is 34.2. The highest BCUT2D eigenvalue weighted by Crippen LogP contribution is 2.19. The van der Waals surface area contributed by atoms with E-state index in [0.29, 0.717) is 38.8 Å². The van der Waals surface area contributed by atoms with Crippen molar-refractivity contribution in [1.29, 1.82) is 0 Å². The first-order valence-electron chi connectivity index (χ1n) is 15.1. The number of fused-ring (bicyclic) bond motifs is 1. The second kappa shape index (κ2) is 17.8. The Kier molecular flexibility index (Phi) is 13.8. The molecule has 1 aromatic heterocycles. The van der Waals surface area contributed by atoms with Crippen molar-refractivity contribution in [3.05, 3.63) is 71.9 Å². The van der Waals surface area contributed by atoms with Gasteiger partial charge in [-0.2, -0.15) is 0 Å². The molecule has 3 aromatic rings. The third-order valence-corrected chi connectivity index (χ3v) is 7.51. The molecule has 0 aliphatic heterocycles. The van der Waals surface area contributed by atoms with Crippen molar-refractivity contribution in [2.75, 3.05) is 13.1 Å². The summed E-state index contributed by atoms with van der Waals surface area (Å²) < 4.78 is 0. The Morgan fingerprint density at radius 2 is 1.27 bits per heavy atom. The number of carboxylic acid groups (broad SMARTS) is 1. The highest BCUT2D eigenvalue weighted by molar-refractivity contribution is 5.94. The minimum atomic E-state index is -1.17. The van der Waals surface area contributed by atoms with E-state index in [4.69, 9.17) is 17.2 Å². The summed E-state index contributed by atoms with van der Waals surface area (Å²) in [5.41, 5.74) is 20.1. The maximum atomic E-state index is 13.7. The number of H-pyrrole nitrogens is 1. The molecule has 12 heteroatoms. The van der Waals surface area contributed by atoms with Crippen molar-refractivity contribution < 1.29 is 24.3 Å². The molecule has 0 fully saturated rings. The summed E-state index contributed by atoms with van der Waals surface area (Å²) in [6.07, 6.45) is 4.99. The second-order valence-corrected chi connectivity index (χ2v) is 11.0. The highest BCUT2D eigenvalue weighted by atomic mass is 16.4. The number of nitrogens with one attached hydrogen (secondary N) is 4. The van der Waals surface area contributed by atoms with Gasteiger partial charge < -0.3 is 43.2 Å². The van der Waals surface area contributed by atoms with Crippen molar-refractivity contribution in [1.82, 2.24) is 20.9 Å². The molecule has 0 spiro atoms. The van der Waals surface area contributed by atoms with E-state index in [0.717, 1.165) is 22.0 Å². The molecule has 0 saturated carbocycles. The minimum Gasteiger partial charge on any atom is -0.480 e. The van der Waals surface area contributed by atoms with Crippen LogP contribution in [0.2, 0.25) is 0 Å². The van der Waals surface area contributed by atoms with Crippen LogP contribution in [-0.2, 0) is 32.0 Å². The fourth-order valence-electron chi connectivity index (χ4n) is 5.02. The molecule has 12 nitrogen and oxygen atoms in total. The Hall–Kier alpha value is -4.26. The zero-order chi connectivity index (χ0) is 31.9. The first-order valence-corrected chi connectivity index (χ1v) is 15.1. The number of unbranched alkanes of at least 4 members (excludes halogenated alkanes) is 2. The minimum absolute atomic E-state index is 0.159. The van der Waals surface area contributed by atoms with Crippen LogP contribution in [-0.4, -0.2) is 71.0 Å². The molecule has 4 unspecified atom stereocenters. The molecule has 44 heavy (non-hydrogen) atoms. The van der Waals surface area contributed by atoms with E-state index >= 15 is 0 Å². The van der Waals surface area contributed by atoms with E-state index in [-0.39, 0.29) is 25.7 Å². The zero-order valence-electron chi connectivity index (χ0n) is 25.0. The number of aromatic amines is 1. The number of hydrogen-bond acceptors (Lipinski definition) is 7. The lowest BCUT2D eigenvalue weighted by atomic mass is 10.0. The van der Waals surface area contributed by atoms with Gasteiger partial charge in [0.25, 0.3) is 0 Å². The smallest absolute Gasteiger partial charge is 0.326 e. The topological polar surface area (TPSA) is 218 Å². The number of nitrogens with two attached hydrogens (primary N) is 3. The van der Waals surface area contributed by atoms with Crippen LogP contribution in [0.15, 0.2) is 60.8 Å². The van der Waals surface area contributed by atoms with Crippen LogP contribution >= 0.6 is 0 Å². The number of carbonyl (C=O) groups is 4. The van der Waals surface area contributed by atoms with Gasteiger partial charge in [0, 0.05) is 23.5 Å². The summed E-state index contributed by atoms with van der Waals surface area (Å²) in [6.45, 7) is 0.818. The second-order valence-electron chi connectivity index (χ2n) is 11.0. The Balaban J connectivity index is 1.75. The predicted octanol–water partition coefficient (Wildman–Crippen LogP) is 1.08. The van der Waals surface area contributed by atoms with Gasteiger partial charge in [0.05, 0.1) is 6.04 Å². The third kappa shape index (κ3) is 10.5. The fraction of sp³-hybridized carbons (Fsp3) is 0.438. The van der Waals surface area contributed by atoms with E-state index in [1.54, 1.807) is 0 Å². The number of aliphatic carboxylic acids is 1. The number of carbonyl (C=O) groups excluding carboxylic acids is 3. The van der Waals surface area contributed by atoms with Gasteiger partial charge in [0.1, 0.15) is 18.1 Å².